The van der Waals surface area contributed by atoms with Crippen LogP contribution in [0.15, 0.2) is 12.4 Å². The maximum Gasteiger partial charge on any atom is 0.334 e. The van der Waals surface area contributed by atoms with Crippen LogP contribution in [0, 0.1) is 17.0 Å². The zero-order valence-electron chi connectivity index (χ0n) is 12.3. The third-order valence-corrected chi connectivity index (χ3v) is 3.03. The highest BCUT2D eigenvalue weighted by molar-refractivity contribution is 5.59. The van der Waals surface area contributed by atoms with Crippen molar-refractivity contribution in [3.05, 3.63) is 39.6 Å². The minimum atomic E-state index is -0.388. The second-order valence-electron chi connectivity index (χ2n) is 4.78. The monoisotopic (exact) mass is 290 g/mol. The fraction of sp³-hybridized carbons (Fsp3) is 0.462. The Morgan fingerprint density at radius 2 is 2.14 bits per heavy atom. The first kappa shape index (κ1) is 14.9. The average molecular weight is 290 g/mol. The predicted octanol–water partition coefficient (Wildman–Crippen LogP) is 1.99. The zero-order chi connectivity index (χ0) is 15.4. The number of aromatic nitrogens is 4. The van der Waals surface area contributed by atoms with Crippen molar-refractivity contribution < 1.29 is 4.92 Å². The quantitative estimate of drug-likeness (QED) is 0.645. The van der Waals surface area contributed by atoms with Gasteiger partial charge in [-0.15, -0.1) is 0 Å². The van der Waals surface area contributed by atoms with Gasteiger partial charge >= 0.3 is 5.69 Å². The van der Waals surface area contributed by atoms with Gasteiger partial charge in [0.2, 0.25) is 5.82 Å². The van der Waals surface area contributed by atoms with E-state index in [1.807, 2.05) is 13.8 Å². The Morgan fingerprint density at radius 3 is 2.71 bits per heavy atom. The lowest BCUT2D eigenvalue weighted by molar-refractivity contribution is -0.384. The second kappa shape index (κ2) is 6.29. The molecule has 0 spiro atoms. The van der Waals surface area contributed by atoms with Crippen molar-refractivity contribution in [1.29, 1.82) is 0 Å². The maximum absolute atomic E-state index is 11.3. The summed E-state index contributed by atoms with van der Waals surface area (Å²) < 4.78 is 1.50. The number of rotatable bonds is 6. The first-order valence-electron chi connectivity index (χ1n) is 6.74. The first-order chi connectivity index (χ1) is 10.0. The molecule has 0 aliphatic carbocycles. The molecule has 2 aromatic rings. The molecule has 0 aromatic carbocycles. The summed E-state index contributed by atoms with van der Waals surface area (Å²) >= 11 is 0. The Morgan fingerprint density at radius 1 is 1.38 bits per heavy atom. The van der Waals surface area contributed by atoms with E-state index >= 15 is 0 Å². The molecule has 112 valence electrons. The molecular weight excluding hydrogens is 272 g/mol. The van der Waals surface area contributed by atoms with Gasteiger partial charge in [0.1, 0.15) is 5.69 Å². The van der Waals surface area contributed by atoms with E-state index in [0.29, 0.717) is 30.2 Å². The second-order valence-corrected chi connectivity index (χ2v) is 4.78. The van der Waals surface area contributed by atoms with Crippen LogP contribution in [-0.2, 0) is 20.0 Å². The summed E-state index contributed by atoms with van der Waals surface area (Å²) in [6, 6.07) is 0. The maximum atomic E-state index is 11.3. The van der Waals surface area contributed by atoms with Crippen LogP contribution in [0.25, 0.3) is 0 Å². The molecule has 1 N–H and O–H groups in total. The lowest BCUT2D eigenvalue weighted by atomic mass is 10.2. The highest BCUT2D eigenvalue weighted by Crippen LogP contribution is 2.29. The number of hydrogen-bond donors (Lipinski definition) is 1. The van der Waals surface area contributed by atoms with E-state index in [-0.39, 0.29) is 10.6 Å². The molecule has 0 unspecified atom stereocenters. The molecule has 0 saturated heterocycles. The van der Waals surface area contributed by atoms with E-state index in [4.69, 9.17) is 0 Å². The van der Waals surface area contributed by atoms with Crippen LogP contribution in [0.5, 0.6) is 0 Å². The lowest BCUT2D eigenvalue weighted by Gasteiger charge is -2.05. The van der Waals surface area contributed by atoms with E-state index in [1.165, 1.54) is 4.68 Å². The Kier molecular flexibility index (Phi) is 4.46. The molecule has 0 aliphatic rings. The zero-order valence-corrected chi connectivity index (χ0v) is 12.3. The highest BCUT2D eigenvalue weighted by atomic mass is 16.6. The number of aryl methyl sites for hydroxylation is 3. The minimum Gasteiger partial charge on any atom is -0.359 e. The number of anilines is 1. The fourth-order valence-corrected chi connectivity index (χ4v) is 2.05. The lowest BCUT2D eigenvalue weighted by Crippen LogP contribution is -2.08. The van der Waals surface area contributed by atoms with Crippen molar-refractivity contribution in [3.8, 4) is 0 Å². The molecule has 0 amide bonds. The van der Waals surface area contributed by atoms with Gasteiger partial charge in [-0.2, -0.15) is 5.10 Å². The van der Waals surface area contributed by atoms with E-state index in [1.54, 1.807) is 19.4 Å². The van der Waals surface area contributed by atoms with Crippen LogP contribution in [0.4, 0.5) is 11.5 Å². The summed E-state index contributed by atoms with van der Waals surface area (Å²) in [4.78, 5) is 19.2. The van der Waals surface area contributed by atoms with Crippen molar-refractivity contribution in [2.45, 2.75) is 33.2 Å². The van der Waals surface area contributed by atoms with Crippen LogP contribution in [0.1, 0.15) is 30.4 Å². The molecule has 0 saturated carbocycles. The van der Waals surface area contributed by atoms with Crippen LogP contribution in [-0.4, -0.2) is 24.7 Å². The van der Waals surface area contributed by atoms with Crippen molar-refractivity contribution in [2.24, 2.45) is 7.05 Å². The predicted molar refractivity (Wildman–Crippen MR) is 78.0 cm³/mol. The molecule has 0 atom stereocenters. The van der Waals surface area contributed by atoms with E-state index in [9.17, 15) is 10.1 Å². The van der Waals surface area contributed by atoms with Crippen LogP contribution >= 0.6 is 0 Å². The summed E-state index contributed by atoms with van der Waals surface area (Å²) in [6.45, 7) is 4.18. The molecule has 0 radical (unpaired) electrons. The Labute approximate surface area is 122 Å². The van der Waals surface area contributed by atoms with Gasteiger partial charge in [0.25, 0.3) is 0 Å². The van der Waals surface area contributed by atoms with Crippen molar-refractivity contribution >= 4 is 11.5 Å². The van der Waals surface area contributed by atoms with Gasteiger partial charge < -0.3 is 5.32 Å². The normalized spacial score (nSPS) is 10.6. The molecule has 2 heterocycles. The Bertz CT molecular complexity index is 635. The number of nitro groups is 1. The SMILES string of the molecule is CCCc1nn(C)c(NCc2cnc(C)cn2)c1[N+](=O)[O-]. The smallest absolute Gasteiger partial charge is 0.334 e. The van der Waals surface area contributed by atoms with Crippen LogP contribution in [0.2, 0.25) is 0 Å². The summed E-state index contributed by atoms with van der Waals surface area (Å²) in [6.07, 6.45) is 4.70. The van der Waals surface area contributed by atoms with E-state index in [2.05, 4.69) is 20.4 Å². The molecule has 8 nitrogen and oxygen atoms in total. The van der Waals surface area contributed by atoms with Gasteiger partial charge in [0.05, 0.1) is 29.1 Å². The topological polar surface area (TPSA) is 98.8 Å². The molecule has 2 aromatic heterocycles. The minimum absolute atomic E-state index is 0.0411. The number of nitrogens with one attached hydrogen (secondary N) is 1. The van der Waals surface area contributed by atoms with Crippen LogP contribution in [0.3, 0.4) is 0 Å². The first-order valence-corrected chi connectivity index (χ1v) is 6.74. The van der Waals surface area contributed by atoms with Gasteiger partial charge in [0, 0.05) is 13.2 Å². The van der Waals surface area contributed by atoms with Crippen molar-refractivity contribution in [2.75, 3.05) is 5.32 Å². The Hall–Kier alpha value is -2.51. The number of hydrogen-bond acceptors (Lipinski definition) is 6. The highest BCUT2D eigenvalue weighted by Gasteiger charge is 2.25. The summed E-state index contributed by atoms with van der Waals surface area (Å²) in [5.41, 5.74) is 2.09. The van der Waals surface area contributed by atoms with Gasteiger partial charge in [0.15, 0.2) is 0 Å². The molecule has 21 heavy (non-hydrogen) atoms. The van der Waals surface area contributed by atoms with Gasteiger partial charge in [-0.3, -0.25) is 20.1 Å². The molecule has 0 aliphatic heterocycles. The molecule has 0 fully saturated rings. The van der Waals surface area contributed by atoms with E-state index in [0.717, 1.165) is 12.1 Å². The van der Waals surface area contributed by atoms with E-state index < -0.39 is 0 Å². The molecule has 8 heteroatoms. The van der Waals surface area contributed by atoms with Crippen molar-refractivity contribution in [3.63, 3.8) is 0 Å². The number of nitrogens with zero attached hydrogens (tertiary/aromatic N) is 5. The van der Waals surface area contributed by atoms with Gasteiger partial charge in [-0.05, 0) is 13.3 Å². The Balaban J connectivity index is 2.22. The largest absolute Gasteiger partial charge is 0.359 e. The third-order valence-electron chi connectivity index (χ3n) is 3.03. The molecular formula is C13H18N6O2. The fourth-order valence-electron chi connectivity index (χ4n) is 2.05. The standard InChI is InChI=1S/C13H18N6O2/c1-4-5-11-12(19(20)21)13(18(3)17-11)16-8-10-7-14-9(2)6-15-10/h6-7,16H,4-5,8H2,1-3H3. The van der Waals surface area contributed by atoms with Gasteiger partial charge in [-0.1, -0.05) is 13.3 Å². The molecule has 2 rings (SSSR count). The summed E-state index contributed by atoms with van der Waals surface area (Å²) in [5.74, 6) is 0.394. The van der Waals surface area contributed by atoms with Gasteiger partial charge in [-0.25, -0.2) is 4.68 Å². The van der Waals surface area contributed by atoms with Crippen LogP contribution < -0.4 is 5.32 Å². The summed E-state index contributed by atoms with van der Waals surface area (Å²) in [5, 5.41) is 18.5. The van der Waals surface area contributed by atoms with Crippen molar-refractivity contribution in [1.82, 2.24) is 19.7 Å². The summed E-state index contributed by atoms with van der Waals surface area (Å²) in [7, 11) is 1.69. The third kappa shape index (κ3) is 3.33. The molecule has 0 bridgehead atoms. The average Bonchev–Trinajstić information content (AvgIpc) is 2.75.